The molecule has 3 fully saturated rings. The maximum atomic E-state index is 12.5. The Morgan fingerprint density at radius 2 is 0.934 bits per heavy atom. The number of phosphoric ester groups is 1. The number of carbonyl (C=O) groups is 1. The molecule has 2 aromatic heterocycles. The average Bonchev–Trinajstić information content (AvgIpc) is 4.28. The van der Waals surface area contributed by atoms with Gasteiger partial charge in [0, 0.05) is 6.42 Å². The second-order valence-electron chi connectivity index (χ2n) is 24.2. The molecule has 3 aliphatic rings. The van der Waals surface area contributed by atoms with Gasteiger partial charge in [0.25, 0.3) is 0 Å². The Kier molecular flexibility index (Phi) is 33.4. The monoisotopic (exact) mass is 1090 g/mol. The summed E-state index contributed by atoms with van der Waals surface area (Å²) in [6.07, 6.45) is 60.2. The lowest BCUT2D eigenvalue weighted by Gasteiger charge is -2.17. The molecule has 5 N–H and O–H groups in total. The summed E-state index contributed by atoms with van der Waals surface area (Å²) < 4.78 is 29.3. The number of aliphatic hydroxyl groups excluding tert-OH is 2. The highest BCUT2D eigenvalue weighted by Crippen LogP contribution is 2.47. The van der Waals surface area contributed by atoms with E-state index in [-0.39, 0.29) is 17.9 Å². The van der Waals surface area contributed by atoms with Gasteiger partial charge in [-0.3, -0.25) is 18.8 Å². The van der Waals surface area contributed by atoms with Crippen LogP contribution < -0.4 is 5.73 Å². The fourth-order valence-electron chi connectivity index (χ4n) is 12.4. The van der Waals surface area contributed by atoms with Crippen molar-refractivity contribution in [2.24, 2.45) is 23.7 Å². The summed E-state index contributed by atoms with van der Waals surface area (Å²) in [5.74, 6) is 3.64. The summed E-state index contributed by atoms with van der Waals surface area (Å²) >= 11 is 0. The predicted molar refractivity (Wildman–Crippen MR) is 310 cm³/mol. The fraction of sp³-hybridized carbons (Fsp3) is 0.903. The molecule has 0 aromatic carbocycles. The molecule has 0 radical (unpaired) electrons. The van der Waals surface area contributed by atoms with Gasteiger partial charge in [-0.15, -0.1) is 0 Å². The molecule has 1 aliphatic heterocycles. The minimum Gasteiger partial charge on any atom is -0.387 e. The number of unbranched alkanes of at least 4 members (excludes halogenated alkanes) is 36. The molecule has 13 nitrogen and oxygen atoms in total. The Hall–Kier alpha value is -2.15. The molecular formula is C62H112N5O8P. The van der Waals surface area contributed by atoms with Gasteiger partial charge in [0.15, 0.2) is 17.7 Å². The standard InChI is InChI=1S/C62H112N5O8P/c1-2-3-4-5-6-7-8-9-10-12-15-18-21-26-31-36-41-51-46-53(51)43-38-33-28-24-25-29-34-39-44-54-47-52(54)42-37-32-27-22-19-16-13-11-14-17-20-23-30-35-40-45-56(68)75-76(71,72)73-48-55-58(69)59(70)62(74-55)67-50-66-57-60(63)64-49-65-61(57)67/h49-55,58-59,62,69-70H,2-48H2,1H3,(H,71,72)(H2,63,64,65)/t51?,52?,53?,54?,55-,58-,59-,62-/m1/s1. The fourth-order valence-corrected chi connectivity index (χ4v) is 13.1. The van der Waals surface area contributed by atoms with Gasteiger partial charge in [0.2, 0.25) is 0 Å². The van der Waals surface area contributed by atoms with Gasteiger partial charge in [0.1, 0.15) is 30.2 Å². The van der Waals surface area contributed by atoms with Crippen LogP contribution in [0.3, 0.4) is 0 Å². The van der Waals surface area contributed by atoms with Crippen LogP contribution in [0.25, 0.3) is 11.2 Å². The molecule has 2 aliphatic carbocycles. The maximum Gasteiger partial charge on any atom is 0.529 e. The molecule has 1 saturated heterocycles. The summed E-state index contributed by atoms with van der Waals surface area (Å²) in [4.78, 5) is 34.5. The molecule has 5 rings (SSSR count). The van der Waals surface area contributed by atoms with Crippen LogP contribution in [0.2, 0.25) is 0 Å². The first-order valence-corrected chi connectivity index (χ1v) is 33.8. The topological polar surface area (TPSA) is 192 Å². The largest absolute Gasteiger partial charge is 0.529 e. The molecule has 0 amide bonds. The minimum atomic E-state index is -4.76. The Bertz CT molecular complexity index is 1840. The van der Waals surface area contributed by atoms with Crippen molar-refractivity contribution < 1.29 is 38.3 Å². The highest BCUT2D eigenvalue weighted by atomic mass is 31.2. The first-order valence-electron chi connectivity index (χ1n) is 32.3. The number of fused-ring (bicyclic) bond motifs is 1. The molecule has 0 bridgehead atoms. The van der Waals surface area contributed by atoms with E-state index in [9.17, 15) is 24.5 Å². The van der Waals surface area contributed by atoms with Crippen molar-refractivity contribution in [1.82, 2.24) is 19.5 Å². The Labute approximate surface area is 462 Å². The van der Waals surface area contributed by atoms with Crippen molar-refractivity contribution in [1.29, 1.82) is 0 Å². The third kappa shape index (κ3) is 27.3. The molecule has 0 spiro atoms. The van der Waals surface area contributed by atoms with Crippen LogP contribution in [-0.4, -0.2) is 65.5 Å². The van der Waals surface area contributed by atoms with E-state index in [0.717, 1.165) is 42.9 Å². The Morgan fingerprint density at radius 3 is 1.33 bits per heavy atom. The number of nitrogen functional groups attached to an aromatic ring is 1. The number of imidazole rings is 1. The van der Waals surface area contributed by atoms with Crippen LogP contribution in [0.15, 0.2) is 12.7 Å². The van der Waals surface area contributed by atoms with Gasteiger partial charge in [-0.05, 0) is 42.9 Å². The normalized spacial score (nSPS) is 22.9. The van der Waals surface area contributed by atoms with E-state index in [1.807, 2.05) is 0 Å². The predicted octanol–water partition coefficient (Wildman–Crippen LogP) is 17.1. The van der Waals surface area contributed by atoms with Gasteiger partial charge < -0.3 is 25.2 Å². The van der Waals surface area contributed by atoms with Crippen molar-refractivity contribution in [3.05, 3.63) is 12.7 Å². The van der Waals surface area contributed by atoms with Crippen LogP contribution in [-0.2, 0) is 23.1 Å². The van der Waals surface area contributed by atoms with Gasteiger partial charge >= 0.3 is 13.8 Å². The van der Waals surface area contributed by atoms with Crippen LogP contribution in [0, 0.1) is 23.7 Å². The van der Waals surface area contributed by atoms with Crippen LogP contribution in [0.4, 0.5) is 5.82 Å². The minimum absolute atomic E-state index is 0.0110. The van der Waals surface area contributed by atoms with E-state index >= 15 is 0 Å². The molecular weight excluding hydrogens is 974 g/mol. The van der Waals surface area contributed by atoms with Crippen molar-refractivity contribution in [2.45, 2.75) is 327 Å². The number of carbonyl (C=O) groups excluding carboxylic acids is 1. The lowest BCUT2D eigenvalue weighted by molar-refractivity contribution is -0.136. The van der Waals surface area contributed by atoms with E-state index < -0.39 is 44.9 Å². The van der Waals surface area contributed by atoms with Crippen molar-refractivity contribution >= 4 is 30.8 Å². The number of nitrogens with two attached hydrogens (primary N) is 1. The number of anilines is 1. The molecule has 2 saturated carbocycles. The summed E-state index contributed by atoms with van der Waals surface area (Å²) in [7, 11) is -4.76. The number of hydrogen-bond acceptors (Lipinski definition) is 11. The Morgan fingerprint density at radius 1 is 0.566 bits per heavy atom. The number of rotatable bonds is 51. The third-order valence-corrected chi connectivity index (χ3v) is 18.4. The molecule has 3 heterocycles. The number of aliphatic hydroxyl groups is 2. The number of nitrogens with zero attached hydrogens (tertiary/aromatic N) is 4. The van der Waals surface area contributed by atoms with Gasteiger partial charge in [0.05, 0.1) is 12.9 Å². The second-order valence-corrected chi connectivity index (χ2v) is 25.6. The summed E-state index contributed by atoms with van der Waals surface area (Å²) in [6, 6.07) is 0. The molecule has 2 aromatic rings. The van der Waals surface area contributed by atoms with E-state index in [2.05, 4.69) is 21.9 Å². The van der Waals surface area contributed by atoms with Crippen LogP contribution in [0.1, 0.15) is 309 Å². The summed E-state index contributed by atoms with van der Waals surface area (Å²) in [5, 5.41) is 21.1. The average molecular weight is 1090 g/mol. The highest BCUT2D eigenvalue weighted by Gasteiger charge is 2.46. The van der Waals surface area contributed by atoms with Crippen molar-refractivity contribution in [3.63, 3.8) is 0 Å². The number of ether oxygens (including phenoxy) is 1. The van der Waals surface area contributed by atoms with Crippen LogP contribution in [0.5, 0.6) is 0 Å². The number of phosphoric acid groups is 1. The Balaban J connectivity index is 0.680. The van der Waals surface area contributed by atoms with Crippen molar-refractivity contribution in [2.75, 3.05) is 12.3 Å². The van der Waals surface area contributed by atoms with E-state index in [0.29, 0.717) is 11.9 Å². The quantitative estimate of drug-likeness (QED) is 0.0363. The SMILES string of the molecule is CCCCCCCCCCCCCCCCCCC1CC1CCCCCCCCCCC1CC1CCCCCCCCCCCCCCCCCC(=O)OP(=O)(O)OC[C@H]1O[C@@H](n2cnc3c(N)ncnc32)[C@H](O)[C@@H]1O. The van der Waals surface area contributed by atoms with E-state index in [1.165, 1.54) is 274 Å². The van der Waals surface area contributed by atoms with E-state index in [4.69, 9.17) is 19.5 Å². The zero-order valence-corrected chi connectivity index (χ0v) is 49.1. The molecule has 438 valence electrons. The third-order valence-electron chi connectivity index (χ3n) is 17.5. The summed E-state index contributed by atoms with van der Waals surface area (Å²) in [6.45, 7) is 1.71. The van der Waals surface area contributed by atoms with Gasteiger partial charge in [-0.1, -0.05) is 277 Å². The first-order chi connectivity index (χ1) is 37.2. The number of hydrogen-bond donors (Lipinski definition) is 4. The van der Waals surface area contributed by atoms with Gasteiger partial charge in [-0.2, -0.15) is 0 Å². The van der Waals surface area contributed by atoms with Crippen molar-refractivity contribution in [3.8, 4) is 0 Å². The molecule has 5 unspecified atom stereocenters. The van der Waals surface area contributed by atoms with Crippen LogP contribution >= 0.6 is 7.82 Å². The molecule has 14 heteroatoms. The van der Waals surface area contributed by atoms with Gasteiger partial charge in [-0.25, -0.2) is 19.5 Å². The lowest BCUT2D eigenvalue weighted by atomic mass is 10.0. The number of aromatic nitrogens is 4. The highest BCUT2D eigenvalue weighted by molar-refractivity contribution is 7.48. The molecule has 76 heavy (non-hydrogen) atoms. The molecule has 9 atom stereocenters. The lowest BCUT2D eigenvalue weighted by Crippen LogP contribution is -2.33. The first kappa shape index (κ1) is 64.7. The van der Waals surface area contributed by atoms with E-state index in [1.54, 1.807) is 6.42 Å². The maximum absolute atomic E-state index is 12.5. The zero-order valence-electron chi connectivity index (χ0n) is 48.2. The smallest absolute Gasteiger partial charge is 0.387 e. The zero-order chi connectivity index (χ0) is 53.9. The summed E-state index contributed by atoms with van der Waals surface area (Å²) in [5.41, 5.74) is 6.41. The second kappa shape index (κ2) is 39.3.